The lowest BCUT2D eigenvalue weighted by Gasteiger charge is -2.17. The molecule has 1 aromatic carbocycles. The van der Waals surface area contributed by atoms with Crippen molar-refractivity contribution in [2.75, 3.05) is 7.11 Å². The molecule has 2 aromatic rings. The van der Waals surface area contributed by atoms with Gasteiger partial charge in [0.1, 0.15) is 17.8 Å². The van der Waals surface area contributed by atoms with E-state index in [2.05, 4.69) is 45.4 Å². The highest BCUT2D eigenvalue weighted by Crippen LogP contribution is 2.36. The van der Waals surface area contributed by atoms with E-state index in [4.69, 9.17) is 9.47 Å². The maximum atomic E-state index is 5.97. The number of aromatic nitrogens is 2. The van der Waals surface area contributed by atoms with Gasteiger partial charge in [0.2, 0.25) is 0 Å². The van der Waals surface area contributed by atoms with E-state index in [1.54, 1.807) is 19.5 Å². The fourth-order valence-electron chi connectivity index (χ4n) is 2.26. The second-order valence-electron chi connectivity index (χ2n) is 5.24. The van der Waals surface area contributed by atoms with Gasteiger partial charge in [-0.2, -0.15) is 0 Å². The number of rotatable bonds is 5. The lowest BCUT2D eigenvalue weighted by atomic mass is 9.99. The summed E-state index contributed by atoms with van der Waals surface area (Å²) in [6, 6.07) is 3.85. The summed E-state index contributed by atoms with van der Waals surface area (Å²) < 4.78 is 11.5. The summed E-state index contributed by atoms with van der Waals surface area (Å²) >= 11 is 0. The first-order chi connectivity index (χ1) is 11.2. The number of methoxy groups -OCH3 is 1. The van der Waals surface area contributed by atoms with Crippen LogP contribution in [0.2, 0.25) is 0 Å². The average Bonchev–Trinajstić information content (AvgIpc) is 3.09. The molecule has 3 rings (SSSR count). The molecule has 0 aliphatic carbocycles. The zero-order chi connectivity index (χ0) is 16.2. The van der Waals surface area contributed by atoms with E-state index in [0.717, 1.165) is 11.1 Å². The predicted octanol–water partition coefficient (Wildman–Crippen LogP) is 1.67. The van der Waals surface area contributed by atoms with Gasteiger partial charge in [-0.1, -0.05) is 13.8 Å². The molecule has 0 atom stereocenters. The van der Waals surface area contributed by atoms with Crippen LogP contribution in [0.1, 0.15) is 30.9 Å². The second kappa shape index (κ2) is 6.49. The smallest absolute Gasteiger partial charge is 0.174 e. The molecule has 0 bridgehead atoms. The lowest BCUT2D eigenvalue weighted by molar-refractivity contribution is 0.409. The molecule has 0 amide bonds. The monoisotopic (exact) mass is 314 g/mol. The van der Waals surface area contributed by atoms with Gasteiger partial charge in [-0.05, 0) is 18.1 Å². The Morgan fingerprint density at radius 1 is 1.09 bits per heavy atom. The first-order valence-electron chi connectivity index (χ1n) is 7.18. The van der Waals surface area contributed by atoms with Gasteiger partial charge in [-0.15, -0.1) is 10.6 Å². The number of ether oxygens (including phenoxy) is 2. The minimum Gasteiger partial charge on any atom is -0.496 e. The molecule has 8 heteroatoms. The zero-order valence-corrected chi connectivity index (χ0v) is 13.1. The molecular formula is C15H18N6O2. The van der Waals surface area contributed by atoms with Crippen LogP contribution >= 0.6 is 0 Å². The van der Waals surface area contributed by atoms with Crippen LogP contribution in [0, 0.1) is 0 Å². The number of hydrogen-bond acceptors (Lipinski definition) is 8. The summed E-state index contributed by atoms with van der Waals surface area (Å²) in [5, 5.41) is 4.12. The Hall–Kier alpha value is -2.87. The third kappa shape index (κ3) is 3.16. The van der Waals surface area contributed by atoms with E-state index in [9.17, 15) is 0 Å². The van der Waals surface area contributed by atoms with Crippen molar-refractivity contribution in [3.63, 3.8) is 0 Å². The van der Waals surface area contributed by atoms with Gasteiger partial charge in [-0.3, -0.25) is 5.43 Å². The Bertz CT molecular complexity index is 717. The molecule has 1 aromatic heterocycles. The van der Waals surface area contributed by atoms with E-state index in [0.29, 0.717) is 23.1 Å². The highest BCUT2D eigenvalue weighted by Gasteiger charge is 2.20. The number of hydrogen-bond donors (Lipinski definition) is 3. The third-order valence-corrected chi connectivity index (χ3v) is 3.38. The van der Waals surface area contributed by atoms with Crippen LogP contribution in [-0.2, 0) is 0 Å². The molecule has 120 valence electrons. The van der Waals surface area contributed by atoms with Crippen molar-refractivity contribution in [1.82, 2.24) is 26.5 Å². The number of hydrazone groups is 1. The van der Waals surface area contributed by atoms with E-state index in [1.807, 2.05) is 12.1 Å². The van der Waals surface area contributed by atoms with E-state index in [1.165, 1.54) is 6.33 Å². The molecule has 1 aliphatic heterocycles. The first-order valence-corrected chi connectivity index (χ1v) is 7.18. The Balaban J connectivity index is 2.06. The highest BCUT2D eigenvalue weighted by atomic mass is 16.5. The number of amidine groups is 1. The molecule has 3 N–H and O–H groups in total. The molecule has 0 saturated carbocycles. The van der Waals surface area contributed by atoms with Crippen LogP contribution in [0.5, 0.6) is 17.2 Å². The van der Waals surface area contributed by atoms with Gasteiger partial charge in [0, 0.05) is 5.56 Å². The average molecular weight is 314 g/mol. The van der Waals surface area contributed by atoms with E-state index < -0.39 is 0 Å². The standard InChI is InChI=1S/C15H18N6O2/c1-9(2)11-4-13(22-3)12(15-18-20-21-19-15)5-14(11)23-10-6-16-8-17-7-10/h4-9,20-21H,1-3H3,(H,18,19). The summed E-state index contributed by atoms with van der Waals surface area (Å²) in [6.45, 7) is 4.19. The Morgan fingerprint density at radius 2 is 1.87 bits per heavy atom. The summed E-state index contributed by atoms with van der Waals surface area (Å²) in [5.41, 5.74) is 10.1. The topological polar surface area (TPSA) is 92.7 Å². The zero-order valence-electron chi connectivity index (χ0n) is 13.1. The summed E-state index contributed by atoms with van der Waals surface area (Å²) in [6.07, 6.45) is 4.70. The number of nitrogens with zero attached hydrogens (tertiary/aromatic N) is 3. The van der Waals surface area contributed by atoms with Gasteiger partial charge in [0.05, 0.1) is 25.1 Å². The first kappa shape index (κ1) is 15.0. The Labute approximate surface area is 133 Å². The van der Waals surface area contributed by atoms with Crippen molar-refractivity contribution in [1.29, 1.82) is 0 Å². The van der Waals surface area contributed by atoms with Gasteiger partial charge >= 0.3 is 0 Å². The van der Waals surface area contributed by atoms with Crippen molar-refractivity contribution in [3.05, 3.63) is 42.0 Å². The minimum atomic E-state index is 0.257. The second-order valence-corrected chi connectivity index (χ2v) is 5.24. The van der Waals surface area contributed by atoms with E-state index >= 15 is 0 Å². The molecule has 0 saturated heterocycles. The molecule has 0 radical (unpaired) electrons. The fraction of sp³-hybridized carbons (Fsp3) is 0.267. The normalized spacial score (nSPS) is 13.3. The van der Waals surface area contributed by atoms with Gasteiger partial charge < -0.3 is 9.47 Å². The van der Waals surface area contributed by atoms with Crippen molar-refractivity contribution >= 4 is 5.84 Å². The molecule has 0 fully saturated rings. The third-order valence-electron chi connectivity index (χ3n) is 3.38. The summed E-state index contributed by atoms with van der Waals surface area (Å²) in [5.74, 6) is 2.87. The molecule has 1 aliphatic rings. The molecular weight excluding hydrogens is 296 g/mol. The molecule has 23 heavy (non-hydrogen) atoms. The quantitative estimate of drug-likeness (QED) is 0.773. The maximum Gasteiger partial charge on any atom is 0.174 e. The van der Waals surface area contributed by atoms with Crippen LogP contribution in [0.15, 0.2) is 36.0 Å². The number of nitrogens with one attached hydrogen (secondary N) is 3. The van der Waals surface area contributed by atoms with Gasteiger partial charge in [-0.25, -0.2) is 15.5 Å². The predicted molar refractivity (Wildman–Crippen MR) is 85.1 cm³/mol. The van der Waals surface area contributed by atoms with Crippen molar-refractivity contribution < 1.29 is 9.47 Å². The molecule has 2 heterocycles. The molecule has 0 unspecified atom stereocenters. The van der Waals surface area contributed by atoms with Crippen molar-refractivity contribution in [2.24, 2.45) is 5.10 Å². The van der Waals surface area contributed by atoms with Crippen molar-refractivity contribution in [3.8, 4) is 17.2 Å². The largest absolute Gasteiger partial charge is 0.496 e. The highest BCUT2D eigenvalue weighted by molar-refractivity contribution is 6.01. The van der Waals surface area contributed by atoms with Crippen molar-refractivity contribution in [2.45, 2.75) is 19.8 Å². The van der Waals surface area contributed by atoms with Crippen LogP contribution in [-0.4, -0.2) is 22.9 Å². The van der Waals surface area contributed by atoms with Gasteiger partial charge in [0.25, 0.3) is 0 Å². The fourth-order valence-corrected chi connectivity index (χ4v) is 2.26. The molecule has 8 nitrogen and oxygen atoms in total. The number of hydrazine groups is 2. The molecule has 0 spiro atoms. The summed E-state index contributed by atoms with van der Waals surface area (Å²) in [4.78, 5) is 7.94. The van der Waals surface area contributed by atoms with Crippen LogP contribution in [0.3, 0.4) is 0 Å². The Morgan fingerprint density at radius 3 is 2.48 bits per heavy atom. The lowest BCUT2D eigenvalue weighted by Crippen LogP contribution is -2.35. The SMILES string of the molecule is COc1cc(C(C)C)c(Oc2cncnc2)cc1C1=NNNN1. The maximum absolute atomic E-state index is 5.97. The minimum absolute atomic E-state index is 0.257. The number of benzene rings is 1. The van der Waals surface area contributed by atoms with Crippen LogP contribution < -0.4 is 26.0 Å². The van der Waals surface area contributed by atoms with Crippen LogP contribution in [0.25, 0.3) is 0 Å². The van der Waals surface area contributed by atoms with E-state index in [-0.39, 0.29) is 5.92 Å². The van der Waals surface area contributed by atoms with Crippen LogP contribution in [0.4, 0.5) is 0 Å². The Kier molecular flexibility index (Phi) is 4.24. The van der Waals surface area contributed by atoms with Gasteiger partial charge in [0.15, 0.2) is 11.6 Å². The summed E-state index contributed by atoms with van der Waals surface area (Å²) in [7, 11) is 1.63.